The molecule has 0 aliphatic carbocycles. The van der Waals surface area contributed by atoms with E-state index >= 15 is 0 Å². The van der Waals surface area contributed by atoms with E-state index in [1.807, 2.05) is 0 Å². The number of benzene rings is 1. The molecule has 0 unspecified atom stereocenters. The molecule has 0 atom stereocenters. The van der Waals surface area contributed by atoms with Crippen LogP contribution in [0.2, 0.25) is 0 Å². The molecule has 2 rings (SSSR count). The number of aliphatic carboxylic acids is 1. The van der Waals surface area contributed by atoms with Crippen molar-refractivity contribution in [2.24, 2.45) is 0 Å². The number of fused-ring (bicyclic) bond motifs is 1. The van der Waals surface area contributed by atoms with Crippen LogP contribution in [-0.2, 0) is 14.6 Å². The average molecular weight is 256 g/mol. The number of carbonyl (C=O) groups is 1. The number of allylic oxidation sites excluding steroid dienone is 1. The normalized spacial score (nSPS) is 16.4. The highest BCUT2D eigenvalue weighted by atomic mass is 32.2. The number of rotatable bonds is 3. The Kier molecular flexibility index (Phi) is 2.74. The van der Waals surface area contributed by atoms with Crippen molar-refractivity contribution in [1.29, 1.82) is 0 Å². The summed E-state index contributed by atoms with van der Waals surface area (Å²) in [5.41, 5.74) is 0.815. The van der Waals surface area contributed by atoms with Crippen molar-refractivity contribution < 1.29 is 22.7 Å². The maximum Gasteiger partial charge on any atom is 0.303 e. The van der Waals surface area contributed by atoms with Gasteiger partial charge < -0.3 is 5.11 Å². The molecule has 1 aliphatic heterocycles. The zero-order valence-corrected chi connectivity index (χ0v) is 9.50. The Labute approximate surface area is 97.3 Å². The van der Waals surface area contributed by atoms with Gasteiger partial charge in [0.1, 0.15) is 5.82 Å². The van der Waals surface area contributed by atoms with E-state index in [1.54, 1.807) is 0 Å². The van der Waals surface area contributed by atoms with E-state index in [0.717, 1.165) is 17.5 Å². The lowest BCUT2D eigenvalue weighted by molar-refractivity contribution is -0.136. The molecule has 1 aliphatic rings. The molecule has 0 aromatic heterocycles. The van der Waals surface area contributed by atoms with E-state index in [4.69, 9.17) is 5.11 Å². The molecule has 90 valence electrons. The van der Waals surface area contributed by atoms with Crippen LogP contribution in [0, 0.1) is 5.82 Å². The topological polar surface area (TPSA) is 71.4 Å². The molecule has 0 fully saturated rings. The standard InChI is InChI=1S/C11H9FO4S/c12-8-2-3-9-7(1-4-11(13)14)6-17(15,16)10(9)5-8/h2-3,5-6H,1,4H2,(H,13,14). The van der Waals surface area contributed by atoms with E-state index in [9.17, 15) is 17.6 Å². The van der Waals surface area contributed by atoms with E-state index in [0.29, 0.717) is 11.1 Å². The van der Waals surface area contributed by atoms with Crippen LogP contribution < -0.4 is 0 Å². The van der Waals surface area contributed by atoms with Crippen LogP contribution in [0.1, 0.15) is 18.4 Å². The maximum atomic E-state index is 13.0. The van der Waals surface area contributed by atoms with E-state index in [-0.39, 0.29) is 17.7 Å². The quantitative estimate of drug-likeness (QED) is 0.895. The molecule has 6 heteroatoms. The number of carboxylic acids is 1. The summed E-state index contributed by atoms with van der Waals surface area (Å²) in [6.07, 6.45) is -0.0363. The van der Waals surface area contributed by atoms with Crippen LogP contribution in [0.5, 0.6) is 0 Å². The highest BCUT2D eigenvalue weighted by Crippen LogP contribution is 2.36. The number of hydrogen-bond acceptors (Lipinski definition) is 3. The fraction of sp³-hybridized carbons (Fsp3) is 0.182. The summed E-state index contributed by atoms with van der Waals surface area (Å²) < 4.78 is 36.3. The molecule has 1 aromatic carbocycles. The fourth-order valence-electron chi connectivity index (χ4n) is 1.75. The lowest BCUT2D eigenvalue weighted by atomic mass is 10.0. The Bertz CT molecular complexity index is 616. The lowest BCUT2D eigenvalue weighted by Gasteiger charge is -2.02. The smallest absolute Gasteiger partial charge is 0.303 e. The molecule has 0 bridgehead atoms. The summed E-state index contributed by atoms with van der Waals surface area (Å²) >= 11 is 0. The van der Waals surface area contributed by atoms with Crippen molar-refractivity contribution in [3.05, 3.63) is 35.0 Å². The molecule has 0 spiro atoms. The summed E-state index contributed by atoms with van der Waals surface area (Å²) in [6, 6.07) is 3.48. The maximum absolute atomic E-state index is 13.0. The molecule has 1 aromatic rings. The van der Waals surface area contributed by atoms with Gasteiger partial charge in [0.15, 0.2) is 0 Å². The van der Waals surface area contributed by atoms with Crippen molar-refractivity contribution in [3.8, 4) is 0 Å². The van der Waals surface area contributed by atoms with Gasteiger partial charge in [-0.05, 0) is 29.7 Å². The van der Waals surface area contributed by atoms with Gasteiger partial charge >= 0.3 is 5.97 Å². The largest absolute Gasteiger partial charge is 0.481 e. The number of carboxylic acid groups (broad SMARTS) is 1. The third-order valence-corrected chi connectivity index (χ3v) is 4.05. The van der Waals surface area contributed by atoms with Crippen molar-refractivity contribution in [1.82, 2.24) is 0 Å². The minimum absolute atomic E-state index is 0.0853. The monoisotopic (exact) mass is 256 g/mol. The molecule has 17 heavy (non-hydrogen) atoms. The van der Waals surface area contributed by atoms with Gasteiger partial charge in [0.2, 0.25) is 9.84 Å². The molecule has 0 saturated heterocycles. The SMILES string of the molecule is O=C(O)CCC1=CS(=O)(=O)c2cc(F)ccc21. The third kappa shape index (κ3) is 2.21. The van der Waals surface area contributed by atoms with Gasteiger partial charge in [-0.15, -0.1) is 0 Å². The van der Waals surface area contributed by atoms with Crippen LogP contribution in [-0.4, -0.2) is 19.5 Å². The van der Waals surface area contributed by atoms with Gasteiger partial charge in [-0.25, -0.2) is 12.8 Å². The number of sulfone groups is 1. The van der Waals surface area contributed by atoms with Gasteiger partial charge in [-0.2, -0.15) is 0 Å². The van der Waals surface area contributed by atoms with Crippen LogP contribution in [0.15, 0.2) is 28.5 Å². The van der Waals surface area contributed by atoms with E-state index in [2.05, 4.69) is 0 Å². The Morgan fingerprint density at radius 1 is 1.35 bits per heavy atom. The van der Waals surface area contributed by atoms with Crippen LogP contribution in [0.4, 0.5) is 4.39 Å². The second-order valence-corrected chi connectivity index (χ2v) is 5.49. The van der Waals surface area contributed by atoms with Crippen molar-refractivity contribution in [2.75, 3.05) is 0 Å². The Hall–Kier alpha value is -1.69. The zero-order chi connectivity index (χ0) is 12.6. The van der Waals surface area contributed by atoms with Gasteiger partial charge in [0, 0.05) is 11.8 Å². The third-order valence-electron chi connectivity index (χ3n) is 2.50. The first kappa shape index (κ1) is 11.8. The van der Waals surface area contributed by atoms with E-state index < -0.39 is 21.6 Å². The second-order valence-electron chi connectivity index (χ2n) is 3.72. The van der Waals surface area contributed by atoms with E-state index in [1.165, 1.54) is 6.07 Å². The molecule has 4 nitrogen and oxygen atoms in total. The molecule has 1 N–H and O–H groups in total. The van der Waals surface area contributed by atoms with Gasteiger partial charge in [-0.3, -0.25) is 4.79 Å². The van der Waals surface area contributed by atoms with Crippen molar-refractivity contribution >= 4 is 21.4 Å². The first-order valence-electron chi connectivity index (χ1n) is 4.87. The zero-order valence-electron chi connectivity index (χ0n) is 8.68. The second kappa shape index (κ2) is 3.96. The van der Waals surface area contributed by atoms with Gasteiger partial charge in [-0.1, -0.05) is 6.07 Å². The highest BCUT2D eigenvalue weighted by Gasteiger charge is 2.27. The summed E-state index contributed by atoms with van der Waals surface area (Å²) in [7, 11) is -3.62. The predicted molar refractivity (Wildman–Crippen MR) is 58.4 cm³/mol. The molecular weight excluding hydrogens is 247 g/mol. The minimum atomic E-state index is -3.62. The van der Waals surface area contributed by atoms with Gasteiger partial charge in [0.25, 0.3) is 0 Å². The Morgan fingerprint density at radius 2 is 2.06 bits per heavy atom. The summed E-state index contributed by atoms with van der Waals surface area (Å²) in [5, 5.41) is 9.57. The minimum Gasteiger partial charge on any atom is -0.481 e. The first-order valence-corrected chi connectivity index (χ1v) is 6.42. The van der Waals surface area contributed by atoms with Crippen molar-refractivity contribution in [2.45, 2.75) is 17.7 Å². The number of hydrogen-bond donors (Lipinski definition) is 1. The molecule has 0 radical (unpaired) electrons. The summed E-state index contributed by atoms with van der Waals surface area (Å²) in [5.74, 6) is -1.63. The molecular formula is C11H9FO4S. The lowest BCUT2D eigenvalue weighted by Crippen LogP contribution is -1.95. The van der Waals surface area contributed by atoms with Gasteiger partial charge in [0.05, 0.1) is 4.90 Å². The molecule has 1 heterocycles. The van der Waals surface area contributed by atoms with Crippen LogP contribution >= 0.6 is 0 Å². The first-order chi connectivity index (χ1) is 7.90. The molecule has 0 amide bonds. The molecule has 0 saturated carbocycles. The highest BCUT2D eigenvalue weighted by molar-refractivity contribution is 7.95. The van der Waals surface area contributed by atoms with Crippen LogP contribution in [0.3, 0.4) is 0 Å². The average Bonchev–Trinajstić information content (AvgIpc) is 2.48. The predicted octanol–water partition coefficient (Wildman–Crippen LogP) is 1.82. The summed E-state index contributed by atoms with van der Waals surface area (Å²) in [4.78, 5) is 10.4. The van der Waals surface area contributed by atoms with Crippen LogP contribution in [0.25, 0.3) is 5.57 Å². The summed E-state index contributed by atoms with van der Waals surface area (Å²) in [6.45, 7) is 0. The van der Waals surface area contributed by atoms with Crippen molar-refractivity contribution in [3.63, 3.8) is 0 Å². The Morgan fingerprint density at radius 3 is 2.71 bits per heavy atom. The Balaban J connectivity index is 2.43. The number of halogens is 1. The fourth-order valence-corrected chi connectivity index (χ4v) is 3.28.